The van der Waals surface area contributed by atoms with Crippen LogP contribution in [0.25, 0.3) is 0 Å². The van der Waals surface area contributed by atoms with Crippen molar-refractivity contribution in [1.29, 1.82) is 5.41 Å². The molecular formula is C13H15N5S. The van der Waals surface area contributed by atoms with Gasteiger partial charge < -0.3 is 5.73 Å². The zero-order valence-corrected chi connectivity index (χ0v) is 11.9. The third-order valence-corrected chi connectivity index (χ3v) is 3.68. The van der Waals surface area contributed by atoms with Crippen molar-refractivity contribution in [3.05, 3.63) is 41.0 Å². The summed E-state index contributed by atoms with van der Waals surface area (Å²) < 4.78 is 0. The molecule has 0 saturated heterocycles. The molecule has 6 heteroatoms. The molecular weight excluding hydrogens is 258 g/mol. The van der Waals surface area contributed by atoms with Crippen LogP contribution in [0.3, 0.4) is 0 Å². The van der Waals surface area contributed by atoms with Gasteiger partial charge in [-0.15, -0.1) is 0 Å². The molecule has 2 rings (SSSR count). The average molecular weight is 273 g/mol. The molecule has 2 aromatic heterocycles. The topological polar surface area (TPSA) is 88.5 Å². The van der Waals surface area contributed by atoms with Gasteiger partial charge in [-0.3, -0.25) is 10.4 Å². The molecule has 0 amide bonds. The van der Waals surface area contributed by atoms with Crippen molar-refractivity contribution in [2.45, 2.75) is 30.8 Å². The Balaban J connectivity index is 2.31. The summed E-state index contributed by atoms with van der Waals surface area (Å²) in [5, 5.41) is 8.08. The molecule has 0 aliphatic rings. The fourth-order valence-corrected chi connectivity index (χ4v) is 2.39. The lowest BCUT2D eigenvalue weighted by atomic mass is 10.2. The molecule has 19 heavy (non-hydrogen) atoms. The van der Waals surface area contributed by atoms with E-state index in [0.717, 1.165) is 21.8 Å². The van der Waals surface area contributed by atoms with Crippen LogP contribution >= 0.6 is 11.8 Å². The number of hydrogen-bond donors (Lipinski definition) is 2. The monoisotopic (exact) mass is 273 g/mol. The summed E-state index contributed by atoms with van der Waals surface area (Å²) in [6.07, 6.45) is 1.63. The van der Waals surface area contributed by atoms with E-state index in [1.165, 1.54) is 11.8 Å². The standard InChI is InChI=1S/C13H15N5S/c1-7-8(2)17-13(18-9(7)3)19-10-4-5-16-11(6-10)12(14)15/h4-6H,1-3H3,(H3,14,15). The first-order valence-electron chi connectivity index (χ1n) is 5.77. The number of amidine groups is 1. The van der Waals surface area contributed by atoms with Crippen molar-refractivity contribution in [2.24, 2.45) is 5.73 Å². The van der Waals surface area contributed by atoms with Gasteiger partial charge in [0.2, 0.25) is 0 Å². The molecule has 0 spiro atoms. The van der Waals surface area contributed by atoms with Crippen LogP contribution in [0.1, 0.15) is 22.6 Å². The van der Waals surface area contributed by atoms with Gasteiger partial charge in [0.15, 0.2) is 5.16 Å². The number of nitrogen functional groups attached to an aromatic ring is 1. The zero-order valence-electron chi connectivity index (χ0n) is 11.1. The van der Waals surface area contributed by atoms with E-state index >= 15 is 0 Å². The summed E-state index contributed by atoms with van der Waals surface area (Å²) >= 11 is 1.44. The minimum atomic E-state index is -0.0420. The van der Waals surface area contributed by atoms with Crippen molar-refractivity contribution in [3.8, 4) is 0 Å². The Hall–Kier alpha value is -1.95. The quantitative estimate of drug-likeness (QED) is 0.508. The maximum atomic E-state index is 7.38. The highest BCUT2D eigenvalue weighted by Gasteiger charge is 2.07. The van der Waals surface area contributed by atoms with E-state index in [1.54, 1.807) is 12.3 Å². The second kappa shape index (κ2) is 5.36. The van der Waals surface area contributed by atoms with E-state index < -0.39 is 0 Å². The number of hydrogen-bond acceptors (Lipinski definition) is 5. The SMILES string of the molecule is Cc1nc(Sc2ccnc(C(=N)N)c2)nc(C)c1C. The number of aryl methyl sites for hydroxylation is 2. The smallest absolute Gasteiger partial charge is 0.192 e. The Morgan fingerprint density at radius 1 is 1.21 bits per heavy atom. The van der Waals surface area contributed by atoms with Gasteiger partial charge in [-0.25, -0.2) is 9.97 Å². The number of nitrogens with two attached hydrogens (primary N) is 1. The van der Waals surface area contributed by atoms with E-state index in [2.05, 4.69) is 15.0 Å². The minimum Gasteiger partial charge on any atom is -0.382 e. The van der Waals surface area contributed by atoms with Crippen LogP contribution in [0.2, 0.25) is 0 Å². The molecule has 2 aromatic rings. The van der Waals surface area contributed by atoms with Crippen molar-refractivity contribution >= 4 is 17.6 Å². The molecule has 98 valence electrons. The zero-order chi connectivity index (χ0) is 14.0. The summed E-state index contributed by atoms with van der Waals surface area (Å²) in [6.45, 7) is 5.96. The van der Waals surface area contributed by atoms with Crippen LogP contribution in [-0.2, 0) is 0 Å². The summed E-state index contributed by atoms with van der Waals surface area (Å²) in [7, 11) is 0. The molecule has 0 aliphatic carbocycles. The fourth-order valence-electron chi connectivity index (χ4n) is 1.51. The molecule has 0 bridgehead atoms. The highest BCUT2D eigenvalue weighted by Crippen LogP contribution is 2.25. The van der Waals surface area contributed by atoms with Crippen LogP contribution in [0, 0.1) is 26.2 Å². The van der Waals surface area contributed by atoms with Crippen molar-refractivity contribution in [2.75, 3.05) is 0 Å². The van der Waals surface area contributed by atoms with Crippen molar-refractivity contribution in [1.82, 2.24) is 15.0 Å². The maximum Gasteiger partial charge on any atom is 0.192 e. The molecule has 3 N–H and O–H groups in total. The third-order valence-electron chi connectivity index (χ3n) is 2.83. The number of nitrogens with one attached hydrogen (secondary N) is 1. The van der Waals surface area contributed by atoms with Gasteiger partial charge >= 0.3 is 0 Å². The molecule has 0 aromatic carbocycles. The van der Waals surface area contributed by atoms with Crippen molar-refractivity contribution < 1.29 is 0 Å². The first-order valence-corrected chi connectivity index (χ1v) is 6.59. The van der Waals surface area contributed by atoms with Gasteiger partial charge in [-0.1, -0.05) is 0 Å². The first-order chi connectivity index (χ1) is 8.97. The van der Waals surface area contributed by atoms with E-state index in [-0.39, 0.29) is 5.84 Å². The first kappa shape index (κ1) is 13.5. The lowest BCUT2D eigenvalue weighted by molar-refractivity contribution is 0.881. The number of pyridine rings is 1. The average Bonchev–Trinajstić information content (AvgIpc) is 2.36. The second-order valence-corrected chi connectivity index (χ2v) is 5.24. The van der Waals surface area contributed by atoms with Crippen LogP contribution in [0.5, 0.6) is 0 Å². The summed E-state index contributed by atoms with van der Waals surface area (Å²) in [6, 6.07) is 3.62. The van der Waals surface area contributed by atoms with E-state index in [0.29, 0.717) is 10.9 Å². The van der Waals surface area contributed by atoms with E-state index in [4.69, 9.17) is 11.1 Å². The molecule has 0 saturated carbocycles. The number of nitrogens with zero attached hydrogens (tertiary/aromatic N) is 3. The van der Waals surface area contributed by atoms with Gasteiger partial charge in [-0.05, 0) is 50.2 Å². The van der Waals surface area contributed by atoms with E-state index in [1.807, 2.05) is 26.8 Å². The van der Waals surface area contributed by atoms with Gasteiger partial charge in [0, 0.05) is 22.5 Å². The van der Waals surface area contributed by atoms with Gasteiger partial charge in [-0.2, -0.15) is 0 Å². The Morgan fingerprint density at radius 3 is 2.42 bits per heavy atom. The van der Waals surface area contributed by atoms with E-state index in [9.17, 15) is 0 Å². The van der Waals surface area contributed by atoms with Gasteiger partial charge in [0.05, 0.1) is 0 Å². The lowest BCUT2D eigenvalue weighted by Crippen LogP contribution is -2.12. The fraction of sp³-hybridized carbons (Fsp3) is 0.231. The Bertz CT molecular complexity index is 616. The number of aromatic nitrogens is 3. The second-order valence-electron chi connectivity index (χ2n) is 4.19. The predicted molar refractivity (Wildman–Crippen MR) is 75.6 cm³/mol. The summed E-state index contributed by atoms with van der Waals surface area (Å²) in [5.74, 6) is -0.0420. The molecule has 0 aliphatic heterocycles. The van der Waals surface area contributed by atoms with Gasteiger partial charge in [0.1, 0.15) is 11.5 Å². The molecule has 0 fully saturated rings. The summed E-state index contributed by atoms with van der Waals surface area (Å²) in [5.41, 5.74) is 8.97. The van der Waals surface area contributed by atoms with Gasteiger partial charge in [0.25, 0.3) is 0 Å². The molecule has 2 heterocycles. The lowest BCUT2D eigenvalue weighted by Gasteiger charge is -2.07. The molecule has 5 nitrogen and oxygen atoms in total. The molecule has 0 atom stereocenters. The Morgan fingerprint density at radius 2 is 1.84 bits per heavy atom. The molecule has 0 unspecified atom stereocenters. The largest absolute Gasteiger partial charge is 0.382 e. The third kappa shape index (κ3) is 3.08. The highest BCUT2D eigenvalue weighted by molar-refractivity contribution is 7.99. The number of rotatable bonds is 3. The predicted octanol–water partition coefficient (Wildman–Crippen LogP) is 2.23. The maximum absolute atomic E-state index is 7.38. The van der Waals surface area contributed by atoms with Crippen LogP contribution in [0.4, 0.5) is 0 Å². The minimum absolute atomic E-state index is 0.0420. The van der Waals surface area contributed by atoms with Crippen LogP contribution in [-0.4, -0.2) is 20.8 Å². The Labute approximate surface area is 116 Å². The summed E-state index contributed by atoms with van der Waals surface area (Å²) in [4.78, 5) is 13.8. The van der Waals surface area contributed by atoms with Crippen LogP contribution in [0.15, 0.2) is 28.4 Å². The molecule has 0 radical (unpaired) electrons. The van der Waals surface area contributed by atoms with Crippen LogP contribution < -0.4 is 5.73 Å². The highest BCUT2D eigenvalue weighted by atomic mass is 32.2. The Kier molecular flexibility index (Phi) is 3.80. The normalized spacial score (nSPS) is 10.5. The van der Waals surface area contributed by atoms with Crippen molar-refractivity contribution in [3.63, 3.8) is 0 Å².